The number of benzene rings is 1. The van der Waals surface area contributed by atoms with Gasteiger partial charge in [0, 0.05) is 29.0 Å². The van der Waals surface area contributed by atoms with Crippen molar-refractivity contribution >= 4 is 46.8 Å². The Balaban J connectivity index is 2.04. The van der Waals surface area contributed by atoms with E-state index in [-0.39, 0.29) is 28.2 Å². The molecule has 0 radical (unpaired) electrons. The molecule has 2 aliphatic heterocycles. The van der Waals surface area contributed by atoms with Gasteiger partial charge in [0.25, 0.3) is 23.6 Å². The summed E-state index contributed by atoms with van der Waals surface area (Å²) < 4.78 is 5.23. The van der Waals surface area contributed by atoms with Gasteiger partial charge in [0.2, 0.25) is 0 Å². The second-order valence-electron chi connectivity index (χ2n) is 7.98. The summed E-state index contributed by atoms with van der Waals surface area (Å²) in [6.07, 6.45) is 1.61. The molecule has 2 heterocycles. The molecular weight excluding hydrogens is 390 g/mol. The molecule has 9 nitrogen and oxygen atoms in total. The zero-order valence-corrected chi connectivity index (χ0v) is 17.2. The highest BCUT2D eigenvalue weighted by atomic mass is 16.6. The number of amides is 5. The van der Waals surface area contributed by atoms with Gasteiger partial charge < -0.3 is 4.74 Å². The summed E-state index contributed by atoms with van der Waals surface area (Å²) in [4.78, 5) is 63.4. The SMILES string of the molecule is CC1=CC(=O)N(c2cc(NC(=O)OC(C)(C)C)cc(N3C(=O)C=C(C)C3=O)c2)C1=O. The Morgan fingerprint density at radius 1 is 0.833 bits per heavy atom. The number of nitrogens with zero attached hydrogens (tertiary/aromatic N) is 2. The molecule has 0 fully saturated rings. The molecule has 0 aliphatic carbocycles. The van der Waals surface area contributed by atoms with Crippen LogP contribution in [0.2, 0.25) is 0 Å². The van der Waals surface area contributed by atoms with E-state index in [1.807, 2.05) is 0 Å². The van der Waals surface area contributed by atoms with Crippen molar-refractivity contribution in [1.29, 1.82) is 0 Å². The van der Waals surface area contributed by atoms with Crippen molar-refractivity contribution in [2.24, 2.45) is 0 Å². The van der Waals surface area contributed by atoms with Crippen LogP contribution in [0.3, 0.4) is 0 Å². The molecule has 3 rings (SSSR count). The minimum atomic E-state index is -0.771. The summed E-state index contributed by atoms with van der Waals surface area (Å²) in [5.74, 6) is -2.19. The molecule has 0 aromatic heterocycles. The number of carbonyl (C=O) groups is 5. The third-order valence-electron chi connectivity index (χ3n) is 4.27. The maximum absolute atomic E-state index is 12.4. The standard InChI is InChI=1S/C21H21N3O6/c1-11-6-16(25)23(18(11)27)14-8-13(22-20(29)30-21(3,4)5)9-15(10-14)24-17(26)7-12(2)19(24)28/h6-10H,1-5H3,(H,22,29). The van der Waals surface area contributed by atoms with Crippen molar-refractivity contribution in [3.05, 3.63) is 41.5 Å². The molecule has 0 saturated heterocycles. The molecule has 0 unspecified atom stereocenters. The molecular formula is C21H21N3O6. The molecule has 1 N–H and O–H groups in total. The summed E-state index contributed by atoms with van der Waals surface area (Å²) in [5, 5.41) is 2.51. The quantitative estimate of drug-likeness (QED) is 0.765. The lowest BCUT2D eigenvalue weighted by Crippen LogP contribution is -2.33. The van der Waals surface area contributed by atoms with Crippen LogP contribution in [-0.2, 0) is 23.9 Å². The van der Waals surface area contributed by atoms with E-state index < -0.39 is 35.3 Å². The Hall–Kier alpha value is -3.75. The van der Waals surface area contributed by atoms with Gasteiger partial charge in [0.15, 0.2) is 0 Å². The third kappa shape index (κ3) is 4.00. The Morgan fingerprint density at radius 3 is 1.60 bits per heavy atom. The molecule has 9 heteroatoms. The normalized spacial score (nSPS) is 16.8. The average molecular weight is 411 g/mol. The second-order valence-corrected chi connectivity index (χ2v) is 7.98. The van der Waals surface area contributed by atoms with E-state index in [2.05, 4.69) is 5.32 Å². The Labute approximate surface area is 173 Å². The Kier molecular flexibility index (Phi) is 5.07. The van der Waals surface area contributed by atoms with Gasteiger partial charge in [-0.1, -0.05) is 0 Å². The molecule has 0 atom stereocenters. The summed E-state index contributed by atoms with van der Waals surface area (Å²) in [5.41, 5.74) is 0.0930. The zero-order chi connectivity index (χ0) is 22.4. The lowest BCUT2D eigenvalue weighted by Gasteiger charge is -2.22. The van der Waals surface area contributed by atoms with Crippen LogP contribution in [0.25, 0.3) is 0 Å². The van der Waals surface area contributed by atoms with E-state index in [0.717, 1.165) is 9.80 Å². The van der Waals surface area contributed by atoms with Crippen LogP contribution in [-0.4, -0.2) is 35.3 Å². The first kappa shape index (κ1) is 21.0. The van der Waals surface area contributed by atoms with E-state index in [9.17, 15) is 24.0 Å². The van der Waals surface area contributed by atoms with Gasteiger partial charge >= 0.3 is 6.09 Å². The van der Waals surface area contributed by atoms with Crippen molar-refractivity contribution < 1.29 is 28.7 Å². The van der Waals surface area contributed by atoms with Crippen molar-refractivity contribution in [3.8, 4) is 0 Å². The number of hydrogen-bond acceptors (Lipinski definition) is 6. The molecule has 5 amide bonds. The average Bonchev–Trinajstić information content (AvgIpc) is 2.99. The predicted molar refractivity (Wildman–Crippen MR) is 109 cm³/mol. The summed E-state index contributed by atoms with van der Waals surface area (Å²) in [6.45, 7) is 8.09. The topological polar surface area (TPSA) is 113 Å². The highest BCUT2D eigenvalue weighted by molar-refractivity contribution is 6.32. The molecule has 0 saturated carbocycles. The van der Waals surface area contributed by atoms with Crippen LogP contribution in [0.5, 0.6) is 0 Å². The predicted octanol–water partition coefficient (Wildman–Crippen LogP) is 2.67. The fraction of sp³-hybridized carbons (Fsp3) is 0.286. The summed E-state index contributed by atoms with van der Waals surface area (Å²) >= 11 is 0. The molecule has 156 valence electrons. The zero-order valence-electron chi connectivity index (χ0n) is 17.2. The minimum absolute atomic E-state index is 0.104. The number of ether oxygens (including phenoxy) is 1. The minimum Gasteiger partial charge on any atom is -0.444 e. The molecule has 30 heavy (non-hydrogen) atoms. The van der Waals surface area contributed by atoms with Gasteiger partial charge in [-0.05, 0) is 52.8 Å². The van der Waals surface area contributed by atoms with Crippen LogP contribution in [0.1, 0.15) is 34.6 Å². The van der Waals surface area contributed by atoms with Gasteiger partial charge in [-0.3, -0.25) is 24.5 Å². The van der Waals surface area contributed by atoms with E-state index in [1.54, 1.807) is 20.8 Å². The first-order valence-corrected chi connectivity index (χ1v) is 9.16. The summed E-state index contributed by atoms with van der Waals surface area (Å²) in [7, 11) is 0. The number of hydrogen-bond donors (Lipinski definition) is 1. The second kappa shape index (κ2) is 7.25. The van der Waals surface area contributed by atoms with Crippen LogP contribution < -0.4 is 15.1 Å². The smallest absolute Gasteiger partial charge is 0.412 e. The van der Waals surface area contributed by atoms with E-state index in [4.69, 9.17) is 4.74 Å². The monoisotopic (exact) mass is 411 g/mol. The van der Waals surface area contributed by atoms with E-state index >= 15 is 0 Å². The van der Waals surface area contributed by atoms with Crippen molar-refractivity contribution in [3.63, 3.8) is 0 Å². The van der Waals surface area contributed by atoms with Crippen molar-refractivity contribution in [1.82, 2.24) is 0 Å². The first-order chi connectivity index (χ1) is 13.9. The summed E-state index contributed by atoms with van der Waals surface area (Å²) in [6, 6.07) is 4.15. The van der Waals surface area contributed by atoms with Crippen LogP contribution >= 0.6 is 0 Å². The molecule has 0 bridgehead atoms. The van der Waals surface area contributed by atoms with Crippen molar-refractivity contribution in [2.45, 2.75) is 40.2 Å². The third-order valence-corrected chi connectivity index (χ3v) is 4.27. The maximum Gasteiger partial charge on any atom is 0.412 e. The number of rotatable bonds is 3. The van der Waals surface area contributed by atoms with Gasteiger partial charge in [0.05, 0.1) is 11.4 Å². The lowest BCUT2D eigenvalue weighted by molar-refractivity contribution is -0.121. The van der Waals surface area contributed by atoms with Gasteiger partial charge in [-0.2, -0.15) is 0 Å². The lowest BCUT2D eigenvalue weighted by atomic mass is 10.2. The number of carbonyl (C=O) groups excluding carboxylic acids is 5. The largest absolute Gasteiger partial charge is 0.444 e. The number of imide groups is 2. The number of anilines is 3. The number of nitrogens with one attached hydrogen (secondary N) is 1. The van der Waals surface area contributed by atoms with Crippen LogP contribution in [0.4, 0.5) is 21.9 Å². The van der Waals surface area contributed by atoms with E-state index in [0.29, 0.717) is 0 Å². The fourth-order valence-electron chi connectivity index (χ4n) is 3.01. The fourth-order valence-corrected chi connectivity index (χ4v) is 3.01. The van der Waals surface area contributed by atoms with E-state index in [1.165, 1.54) is 44.2 Å². The Morgan fingerprint density at radius 2 is 1.27 bits per heavy atom. The van der Waals surface area contributed by atoms with Crippen LogP contribution in [0.15, 0.2) is 41.5 Å². The molecule has 0 spiro atoms. The van der Waals surface area contributed by atoms with Crippen LogP contribution in [0, 0.1) is 0 Å². The first-order valence-electron chi connectivity index (χ1n) is 9.16. The van der Waals surface area contributed by atoms with Gasteiger partial charge in [0.1, 0.15) is 5.60 Å². The molecule has 1 aromatic carbocycles. The Bertz CT molecular complexity index is 995. The maximum atomic E-state index is 12.4. The van der Waals surface area contributed by atoms with Gasteiger partial charge in [-0.15, -0.1) is 0 Å². The highest BCUT2D eigenvalue weighted by Gasteiger charge is 2.34. The highest BCUT2D eigenvalue weighted by Crippen LogP contribution is 2.33. The molecule has 2 aliphatic rings. The van der Waals surface area contributed by atoms with Gasteiger partial charge in [-0.25, -0.2) is 14.6 Å². The molecule has 1 aromatic rings. The van der Waals surface area contributed by atoms with Crippen molar-refractivity contribution in [2.75, 3.05) is 15.1 Å².